The van der Waals surface area contributed by atoms with E-state index in [-0.39, 0.29) is 11.9 Å². The Morgan fingerprint density at radius 3 is 2.51 bits per heavy atom. The van der Waals surface area contributed by atoms with Crippen LogP contribution in [0.3, 0.4) is 0 Å². The number of rotatable bonds is 6. The van der Waals surface area contributed by atoms with E-state index in [1.807, 2.05) is 55.5 Å². The summed E-state index contributed by atoms with van der Waals surface area (Å²) in [5.41, 5.74) is 0.601. The zero-order valence-corrected chi connectivity index (χ0v) is 19.8. The molecule has 1 fully saturated rings. The third-order valence-electron chi connectivity index (χ3n) is 6.44. The van der Waals surface area contributed by atoms with Crippen LogP contribution in [0, 0.1) is 5.92 Å². The summed E-state index contributed by atoms with van der Waals surface area (Å²) in [6, 6.07) is 20.8. The molecule has 3 atom stereocenters. The molecule has 3 aromatic rings. The van der Waals surface area contributed by atoms with Gasteiger partial charge in [-0.1, -0.05) is 30.3 Å². The summed E-state index contributed by atoms with van der Waals surface area (Å²) in [6.45, 7) is 4.13. The molecule has 2 aliphatic heterocycles. The lowest BCUT2D eigenvalue weighted by molar-refractivity contribution is -0.131. The third kappa shape index (κ3) is 3.80. The second-order valence-electron chi connectivity index (χ2n) is 8.56. The van der Waals surface area contributed by atoms with Crippen molar-refractivity contribution in [2.24, 2.45) is 5.92 Å². The molecule has 0 aliphatic carbocycles. The van der Waals surface area contributed by atoms with E-state index in [2.05, 4.69) is 10.6 Å². The van der Waals surface area contributed by atoms with Gasteiger partial charge in [-0.2, -0.15) is 0 Å². The molecule has 8 nitrogen and oxygen atoms in total. The number of fused-ring (bicyclic) bond motifs is 4. The molecule has 3 amide bonds. The zero-order valence-electron chi connectivity index (χ0n) is 19.8. The van der Waals surface area contributed by atoms with E-state index in [0.29, 0.717) is 40.8 Å². The predicted molar refractivity (Wildman–Crippen MR) is 132 cm³/mol. The fourth-order valence-electron chi connectivity index (χ4n) is 4.90. The van der Waals surface area contributed by atoms with Crippen LogP contribution >= 0.6 is 0 Å². The van der Waals surface area contributed by atoms with Gasteiger partial charge in [-0.15, -0.1) is 0 Å². The molecule has 2 aliphatic rings. The second kappa shape index (κ2) is 8.87. The number of carbonyl (C=O) groups is 2. The zero-order chi connectivity index (χ0) is 24.6. The van der Waals surface area contributed by atoms with E-state index in [1.165, 1.54) is 4.90 Å². The Bertz CT molecular complexity index is 1250. The van der Waals surface area contributed by atoms with Gasteiger partial charge >= 0.3 is 6.03 Å². The average Bonchev–Trinajstić information content (AvgIpc) is 2.85. The molecule has 8 heteroatoms. The lowest BCUT2D eigenvalue weighted by Crippen LogP contribution is -2.72. The van der Waals surface area contributed by atoms with Gasteiger partial charge < -0.3 is 24.8 Å². The van der Waals surface area contributed by atoms with Crippen LogP contribution in [0.25, 0.3) is 0 Å². The largest absolute Gasteiger partial charge is 0.497 e. The molecule has 1 saturated heterocycles. The monoisotopic (exact) mass is 473 g/mol. The SMILES string of the molecule is CCOc1cccc2c1OC1(C)C(C(=O)Nc3ccc(OC)cc3)C2NC(=O)N1c1ccccc1. The fourth-order valence-corrected chi connectivity index (χ4v) is 4.90. The van der Waals surface area contributed by atoms with Crippen molar-refractivity contribution in [2.75, 3.05) is 23.9 Å². The number of methoxy groups -OCH3 is 1. The van der Waals surface area contributed by atoms with Crippen LogP contribution < -0.4 is 29.7 Å². The van der Waals surface area contributed by atoms with E-state index in [1.54, 1.807) is 38.3 Å². The molecule has 5 rings (SSSR count). The van der Waals surface area contributed by atoms with Crippen LogP contribution in [0.2, 0.25) is 0 Å². The molecule has 2 N–H and O–H groups in total. The summed E-state index contributed by atoms with van der Waals surface area (Å²) in [7, 11) is 1.59. The number of carbonyl (C=O) groups excluding carboxylic acids is 2. The summed E-state index contributed by atoms with van der Waals surface area (Å²) < 4.78 is 17.6. The summed E-state index contributed by atoms with van der Waals surface area (Å²) in [4.78, 5) is 28.7. The van der Waals surface area contributed by atoms with E-state index >= 15 is 0 Å². The van der Waals surface area contributed by atoms with Crippen molar-refractivity contribution in [3.05, 3.63) is 78.4 Å². The maximum atomic E-state index is 13.8. The molecule has 0 spiro atoms. The number of nitrogens with zero attached hydrogens (tertiary/aromatic N) is 1. The normalized spacial score (nSPS) is 22.4. The second-order valence-corrected chi connectivity index (χ2v) is 8.56. The van der Waals surface area contributed by atoms with Gasteiger partial charge in [0.05, 0.1) is 19.8 Å². The van der Waals surface area contributed by atoms with Crippen LogP contribution in [-0.4, -0.2) is 31.4 Å². The van der Waals surface area contributed by atoms with Crippen molar-refractivity contribution in [1.82, 2.24) is 5.32 Å². The van der Waals surface area contributed by atoms with Gasteiger partial charge in [-0.3, -0.25) is 9.69 Å². The highest BCUT2D eigenvalue weighted by atomic mass is 16.5. The summed E-state index contributed by atoms with van der Waals surface area (Å²) >= 11 is 0. The van der Waals surface area contributed by atoms with Crippen LogP contribution in [0.15, 0.2) is 72.8 Å². The Morgan fingerprint density at radius 1 is 1.09 bits per heavy atom. The molecule has 0 saturated carbocycles. The highest BCUT2D eigenvalue weighted by molar-refractivity contribution is 6.01. The molecular weight excluding hydrogens is 446 g/mol. The van der Waals surface area contributed by atoms with Crippen LogP contribution in [0.4, 0.5) is 16.2 Å². The Hall–Kier alpha value is -4.20. The highest BCUT2D eigenvalue weighted by Crippen LogP contribution is 2.52. The number of benzene rings is 3. The van der Waals surface area contributed by atoms with E-state index in [9.17, 15) is 9.59 Å². The third-order valence-corrected chi connectivity index (χ3v) is 6.44. The van der Waals surface area contributed by atoms with E-state index < -0.39 is 17.7 Å². The molecule has 3 aromatic carbocycles. The topological polar surface area (TPSA) is 89.1 Å². The van der Waals surface area contributed by atoms with Gasteiger partial charge in [0.25, 0.3) is 0 Å². The smallest absolute Gasteiger partial charge is 0.325 e. The van der Waals surface area contributed by atoms with E-state index in [4.69, 9.17) is 14.2 Å². The van der Waals surface area contributed by atoms with Gasteiger partial charge in [-0.05, 0) is 56.3 Å². The van der Waals surface area contributed by atoms with Crippen molar-refractivity contribution in [3.8, 4) is 17.2 Å². The molecule has 0 aromatic heterocycles. The molecule has 2 heterocycles. The minimum atomic E-state index is -1.33. The van der Waals surface area contributed by atoms with Crippen LogP contribution in [0.5, 0.6) is 17.2 Å². The van der Waals surface area contributed by atoms with Crippen molar-refractivity contribution in [3.63, 3.8) is 0 Å². The van der Waals surface area contributed by atoms with E-state index in [0.717, 1.165) is 0 Å². The molecule has 180 valence electrons. The van der Waals surface area contributed by atoms with Gasteiger partial charge in [0.2, 0.25) is 11.6 Å². The molecule has 3 unspecified atom stereocenters. The lowest BCUT2D eigenvalue weighted by Gasteiger charge is -2.54. The minimum absolute atomic E-state index is 0.281. The number of hydrogen-bond acceptors (Lipinski definition) is 5. The number of para-hydroxylation sites is 2. The number of nitrogens with one attached hydrogen (secondary N) is 2. The fraction of sp³-hybridized carbons (Fsp3) is 0.259. The van der Waals surface area contributed by atoms with Crippen LogP contribution in [0.1, 0.15) is 25.5 Å². The molecular formula is C27H27N3O5. The standard InChI is InChI=1S/C27H27N3O5/c1-4-34-21-12-8-11-20-23-22(25(31)28-17-13-15-19(33-3)16-14-17)27(2,35-24(20)21)30(26(32)29-23)18-9-6-5-7-10-18/h5-16,22-23H,4H2,1-3H3,(H,28,31)(H,29,32). The van der Waals surface area contributed by atoms with Crippen molar-refractivity contribution >= 4 is 23.3 Å². The van der Waals surface area contributed by atoms with Gasteiger partial charge in [0.15, 0.2) is 11.5 Å². The van der Waals surface area contributed by atoms with Crippen LogP contribution in [-0.2, 0) is 4.79 Å². The Morgan fingerprint density at radius 2 is 1.83 bits per heavy atom. The highest BCUT2D eigenvalue weighted by Gasteiger charge is 2.60. The van der Waals surface area contributed by atoms with Gasteiger partial charge in [0, 0.05) is 16.9 Å². The first-order chi connectivity index (χ1) is 17.0. The summed E-state index contributed by atoms with van der Waals surface area (Å²) in [6.07, 6.45) is 0. The van der Waals surface area contributed by atoms with Crippen molar-refractivity contribution in [1.29, 1.82) is 0 Å². The Balaban J connectivity index is 1.61. The number of amides is 3. The minimum Gasteiger partial charge on any atom is -0.497 e. The summed E-state index contributed by atoms with van der Waals surface area (Å²) in [5, 5.41) is 6.04. The van der Waals surface area contributed by atoms with Crippen molar-refractivity contribution < 1.29 is 23.8 Å². The Kier molecular flexibility index (Phi) is 5.72. The number of urea groups is 1. The maximum Gasteiger partial charge on any atom is 0.325 e. The first kappa shape index (κ1) is 22.6. The summed E-state index contributed by atoms with van der Waals surface area (Å²) in [5.74, 6) is 0.728. The molecule has 35 heavy (non-hydrogen) atoms. The maximum absolute atomic E-state index is 13.8. The first-order valence-corrected chi connectivity index (χ1v) is 11.5. The van der Waals surface area contributed by atoms with Gasteiger partial charge in [-0.25, -0.2) is 4.79 Å². The number of anilines is 2. The quantitative estimate of drug-likeness (QED) is 0.540. The number of ether oxygens (including phenoxy) is 3. The Labute approximate surface area is 203 Å². The van der Waals surface area contributed by atoms with Gasteiger partial charge in [0.1, 0.15) is 11.7 Å². The average molecular weight is 474 g/mol. The predicted octanol–water partition coefficient (Wildman–Crippen LogP) is 4.73. The van der Waals surface area contributed by atoms with Crippen molar-refractivity contribution in [2.45, 2.75) is 25.6 Å². The molecule has 0 radical (unpaired) electrons. The molecule has 2 bridgehead atoms. The first-order valence-electron chi connectivity index (χ1n) is 11.5. The number of hydrogen-bond donors (Lipinski definition) is 2. The lowest BCUT2D eigenvalue weighted by atomic mass is 9.78.